The van der Waals surface area contributed by atoms with Crippen LogP contribution in [0.15, 0.2) is 4.52 Å². The van der Waals surface area contributed by atoms with Crippen LogP contribution < -0.4 is 5.32 Å². The van der Waals surface area contributed by atoms with E-state index in [9.17, 15) is 8.42 Å². The lowest BCUT2D eigenvalue weighted by Gasteiger charge is -2.02. The van der Waals surface area contributed by atoms with Gasteiger partial charge in [0.05, 0.1) is 12.3 Å². The molecule has 1 aromatic rings. The molecule has 6 nitrogen and oxygen atoms in total. The van der Waals surface area contributed by atoms with Gasteiger partial charge >= 0.3 is 0 Å². The van der Waals surface area contributed by atoms with E-state index in [0.29, 0.717) is 31.2 Å². The number of aryl methyl sites for hydroxylation is 1. The molecule has 1 N–H and O–H groups in total. The van der Waals surface area contributed by atoms with E-state index in [2.05, 4.69) is 15.5 Å². The van der Waals surface area contributed by atoms with Gasteiger partial charge in [-0.2, -0.15) is 4.98 Å². The summed E-state index contributed by atoms with van der Waals surface area (Å²) in [6, 6.07) is 0. The Morgan fingerprint density at radius 3 is 2.69 bits per heavy atom. The maximum absolute atomic E-state index is 11.4. The third kappa shape index (κ3) is 4.71. The quantitative estimate of drug-likeness (QED) is 0.697. The molecule has 0 aliphatic heterocycles. The molecule has 0 amide bonds. The molecule has 0 aliphatic carbocycles. The van der Waals surface area contributed by atoms with Gasteiger partial charge in [0.15, 0.2) is 15.7 Å². The van der Waals surface area contributed by atoms with Crippen LogP contribution in [0.25, 0.3) is 0 Å². The lowest BCUT2D eigenvalue weighted by Crippen LogP contribution is -2.24. The predicted molar refractivity (Wildman–Crippen MR) is 59.7 cm³/mol. The number of aromatic nitrogens is 2. The van der Waals surface area contributed by atoms with Crippen LogP contribution in [0.2, 0.25) is 0 Å². The molecule has 0 bridgehead atoms. The van der Waals surface area contributed by atoms with E-state index in [-0.39, 0.29) is 11.5 Å². The average molecular weight is 247 g/mol. The fourth-order valence-electron chi connectivity index (χ4n) is 1.25. The van der Waals surface area contributed by atoms with Crippen LogP contribution in [0.5, 0.6) is 0 Å². The third-order valence-electron chi connectivity index (χ3n) is 1.96. The number of nitrogens with one attached hydrogen (secondary N) is 1. The minimum absolute atomic E-state index is 0.150. The van der Waals surface area contributed by atoms with Crippen LogP contribution in [0.3, 0.4) is 0 Å². The van der Waals surface area contributed by atoms with E-state index >= 15 is 0 Å². The normalized spacial score (nSPS) is 11.9. The van der Waals surface area contributed by atoms with Crippen LogP contribution >= 0.6 is 0 Å². The molecule has 1 aromatic heterocycles. The van der Waals surface area contributed by atoms with E-state index in [4.69, 9.17) is 4.52 Å². The van der Waals surface area contributed by atoms with Crippen LogP contribution in [0, 0.1) is 6.92 Å². The molecule has 1 rings (SSSR count). The Balaban J connectivity index is 2.22. The first-order chi connectivity index (χ1) is 7.53. The summed E-state index contributed by atoms with van der Waals surface area (Å²) in [5.41, 5.74) is 0. The Morgan fingerprint density at radius 2 is 2.12 bits per heavy atom. The summed E-state index contributed by atoms with van der Waals surface area (Å²) >= 11 is 0. The van der Waals surface area contributed by atoms with Crippen LogP contribution in [-0.2, 0) is 16.4 Å². The second-order valence-corrected chi connectivity index (χ2v) is 5.86. The smallest absolute Gasteiger partial charge is 0.223 e. The summed E-state index contributed by atoms with van der Waals surface area (Å²) in [7, 11) is -2.91. The molecule has 92 valence electrons. The summed E-state index contributed by atoms with van der Waals surface area (Å²) in [4.78, 5) is 3.99. The number of sulfone groups is 1. The van der Waals surface area contributed by atoms with E-state index in [1.807, 2.05) is 6.92 Å². The highest BCUT2D eigenvalue weighted by Gasteiger charge is 2.08. The standard InChI is InChI=1S/C9H17N3O3S/c1-3-5-16(13,14)6-4-10-7-9-11-8(2)15-12-9/h10H,3-7H2,1-2H3. The van der Waals surface area contributed by atoms with Crippen LogP contribution in [-0.4, -0.2) is 36.6 Å². The Hall–Kier alpha value is -0.950. The van der Waals surface area contributed by atoms with Crippen molar-refractivity contribution in [2.45, 2.75) is 26.8 Å². The second-order valence-electron chi connectivity index (χ2n) is 3.56. The summed E-state index contributed by atoms with van der Waals surface area (Å²) < 4.78 is 27.5. The zero-order valence-electron chi connectivity index (χ0n) is 9.56. The fourth-order valence-corrected chi connectivity index (χ4v) is 2.54. The van der Waals surface area contributed by atoms with E-state index in [0.717, 1.165) is 0 Å². The van der Waals surface area contributed by atoms with Gasteiger partial charge in [-0.05, 0) is 6.42 Å². The minimum Gasteiger partial charge on any atom is -0.340 e. The zero-order valence-corrected chi connectivity index (χ0v) is 10.4. The molecule has 1 heterocycles. The van der Waals surface area contributed by atoms with Gasteiger partial charge in [-0.1, -0.05) is 12.1 Å². The summed E-state index contributed by atoms with van der Waals surface area (Å²) in [6.45, 7) is 4.41. The molecule has 0 saturated carbocycles. The minimum atomic E-state index is -2.91. The van der Waals surface area contributed by atoms with Crippen molar-refractivity contribution < 1.29 is 12.9 Å². The number of hydrogen-bond donors (Lipinski definition) is 1. The molecule has 0 aliphatic rings. The Morgan fingerprint density at radius 1 is 1.38 bits per heavy atom. The van der Waals surface area contributed by atoms with Crippen molar-refractivity contribution in [2.24, 2.45) is 0 Å². The van der Waals surface area contributed by atoms with Crippen molar-refractivity contribution in [2.75, 3.05) is 18.1 Å². The molecule has 0 atom stereocenters. The van der Waals surface area contributed by atoms with Crippen molar-refractivity contribution in [3.63, 3.8) is 0 Å². The highest BCUT2D eigenvalue weighted by atomic mass is 32.2. The number of hydrogen-bond acceptors (Lipinski definition) is 6. The van der Waals surface area contributed by atoms with Gasteiger partial charge in [0.25, 0.3) is 0 Å². The Kier molecular flexibility index (Phi) is 4.88. The lowest BCUT2D eigenvalue weighted by atomic mass is 10.6. The van der Waals surface area contributed by atoms with Gasteiger partial charge in [-0.15, -0.1) is 0 Å². The lowest BCUT2D eigenvalue weighted by molar-refractivity contribution is 0.386. The van der Waals surface area contributed by atoms with Gasteiger partial charge in [-0.3, -0.25) is 0 Å². The third-order valence-corrected chi connectivity index (χ3v) is 3.81. The Labute approximate surface area is 95.3 Å². The molecule has 0 fully saturated rings. The highest BCUT2D eigenvalue weighted by Crippen LogP contribution is 1.95. The molecule has 16 heavy (non-hydrogen) atoms. The summed E-state index contributed by atoms with van der Waals surface area (Å²) in [5, 5.41) is 6.65. The largest absolute Gasteiger partial charge is 0.340 e. The fraction of sp³-hybridized carbons (Fsp3) is 0.778. The first-order valence-corrected chi connectivity index (χ1v) is 7.06. The van der Waals surface area contributed by atoms with E-state index < -0.39 is 9.84 Å². The highest BCUT2D eigenvalue weighted by molar-refractivity contribution is 7.91. The topological polar surface area (TPSA) is 85.1 Å². The van der Waals surface area contributed by atoms with Gasteiger partial charge in [0.1, 0.15) is 0 Å². The second kappa shape index (κ2) is 5.95. The summed E-state index contributed by atoms with van der Waals surface area (Å²) in [5.74, 6) is 1.45. The zero-order chi connectivity index (χ0) is 12.0. The molecule has 0 radical (unpaired) electrons. The first kappa shape index (κ1) is 13.1. The molecule has 0 spiro atoms. The van der Waals surface area contributed by atoms with Gasteiger partial charge in [-0.25, -0.2) is 8.42 Å². The first-order valence-electron chi connectivity index (χ1n) is 5.24. The maximum atomic E-state index is 11.4. The summed E-state index contributed by atoms with van der Waals surface area (Å²) in [6.07, 6.45) is 0.659. The van der Waals surface area contributed by atoms with Crippen molar-refractivity contribution in [3.8, 4) is 0 Å². The van der Waals surface area contributed by atoms with Crippen molar-refractivity contribution >= 4 is 9.84 Å². The molecular formula is C9H17N3O3S. The Bertz CT molecular complexity index is 413. The van der Waals surface area contributed by atoms with Crippen molar-refractivity contribution in [1.29, 1.82) is 0 Å². The predicted octanol–water partition coefficient (Wildman–Crippen LogP) is 0.292. The molecule has 0 saturated heterocycles. The molecular weight excluding hydrogens is 230 g/mol. The van der Waals surface area contributed by atoms with Gasteiger partial charge in [0.2, 0.25) is 5.89 Å². The van der Waals surface area contributed by atoms with Crippen LogP contribution in [0.4, 0.5) is 0 Å². The monoisotopic (exact) mass is 247 g/mol. The molecule has 0 unspecified atom stereocenters. The van der Waals surface area contributed by atoms with Gasteiger partial charge < -0.3 is 9.84 Å². The van der Waals surface area contributed by atoms with E-state index in [1.54, 1.807) is 6.92 Å². The SMILES string of the molecule is CCCS(=O)(=O)CCNCc1noc(C)n1. The average Bonchev–Trinajstić information content (AvgIpc) is 2.59. The van der Waals surface area contributed by atoms with Crippen molar-refractivity contribution in [1.82, 2.24) is 15.5 Å². The van der Waals surface area contributed by atoms with Crippen molar-refractivity contribution in [3.05, 3.63) is 11.7 Å². The maximum Gasteiger partial charge on any atom is 0.223 e. The number of rotatable bonds is 7. The van der Waals surface area contributed by atoms with E-state index in [1.165, 1.54) is 0 Å². The van der Waals surface area contributed by atoms with Crippen LogP contribution in [0.1, 0.15) is 25.1 Å². The molecule has 7 heteroatoms. The van der Waals surface area contributed by atoms with Gasteiger partial charge in [0, 0.05) is 19.2 Å². The molecule has 0 aromatic carbocycles. The number of nitrogens with zero attached hydrogens (tertiary/aromatic N) is 2.